The summed E-state index contributed by atoms with van der Waals surface area (Å²) in [6.45, 7) is 1.36. The van der Waals surface area contributed by atoms with Crippen LogP contribution in [0.4, 0.5) is 0 Å². The number of fused-ring (bicyclic) bond motifs is 1. The molecule has 23 heavy (non-hydrogen) atoms. The van der Waals surface area contributed by atoms with Gasteiger partial charge in [-0.2, -0.15) is 0 Å². The summed E-state index contributed by atoms with van der Waals surface area (Å²) in [5, 5.41) is 4.01. The second kappa shape index (κ2) is 7.11. The average molecular weight is 352 g/mol. The number of amides is 1. The van der Waals surface area contributed by atoms with Crippen LogP contribution in [0.3, 0.4) is 0 Å². The molecule has 120 valence electrons. The number of hydrogen-bond acceptors (Lipinski definition) is 3. The van der Waals surface area contributed by atoms with Crippen molar-refractivity contribution in [3.8, 4) is 11.5 Å². The Morgan fingerprint density at radius 3 is 2.57 bits per heavy atom. The van der Waals surface area contributed by atoms with Crippen molar-refractivity contribution in [3.63, 3.8) is 0 Å². The zero-order valence-electron chi connectivity index (χ0n) is 12.3. The van der Waals surface area contributed by atoms with Gasteiger partial charge in [-0.3, -0.25) is 4.79 Å². The maximum absolute atomic E-state index is 12.0. The van der Waals surface area contributed by atoms with Gasteiger partial charge in [0, 0.05) is 11.6 Å². The van der Waals surface area contributed by atoms with E-state index in [-0.39, 0.29) is 5.91 Å². The molecule has 0 radical (unpaired) electrons. The van der Waals surface area contributed by atoms with Crippen LogP contribution in [0.15, 0.2) is 36.4 Å². The van der Waals surface area contributed by atoms with E-state index in [2.05, 4.69) is 5.32 Å². The van der Waals surface area contributed by atoms with Gasteiger partial charge in [0.05, 0.1) is 11.4 Å². The van der Waals surface area contributed by atoms with Crippen LogP contribution in [0.25, 0.3) is 0 Å². The van der Waals surface area contributed by atoms with Gasteiger partial charge in [0.2, 0.25) is 5.91 Å². The number of carbonyl (C=O) groups excluding carboxylic acids is 1. The Balaban J connectivity index is 1.60. The average Bonchev–Trinajstić information content (AvgIpc) is 2.55. The molecule has 1 heterocycles. The van der Waals surface area contributed by atoms with E-state index in [9.17, 15) is 4.79 Å². The van der Waals surface area contributed by atoms with E-state index >= 15 is 0 Å². The quantitative estimate of drug-likeness (QED) is 0.914. The van der Waals surface area contributed by atoms with Crippen LogP contribution >= 0.6 is 23.2 Å². The third-order valence-electron chi connectivity index (χ3n) is 3.42. The molecule has 0 saturated carbocycles. The van der Waals surface area contributed by atoms with Crippen molar-refractivity contribution in [1.29, 1.82) is 0 Å². The lowest BCUT2D eigenvalue weighted by Gasteiger charge is -2.20. The highest BCUT2D eigenvalue weighted by Crippen LogP contribution is 2.38. The molecule has 2 aromatic carbocycles. The Kier molecular flexibility index (Phi) is 4.94. The van der Waals surface area contributed by atoms with Crippen LogP contribution in [-0.4, -0.2) is 19.1 Å². The normalized spacial score (nSPS) is 12.8. The number of benzene rings is 2. The first-order valence-corrected chi connectivity index (χ1v) is 7.96. The van der Waals surface area contributed by atoms with E-state index in [1.165, 1.54) is 0 Å². The van der Waals surface area contributed by atoms with E-state index in [0.717, 1.165) is 11.1 Å². The monoisotopic (exact) mass is 351 g/mol. The van der Waals surface area contributed by atoms with Crippen molar-refractivity contribution < 1.29 is 14.3 Å². The molecule has 0 atom stereocenters. The van der Waals surface area contributed by atoms with E-state index < -0.39 is 0 Å². The van der Waals surface area contributed by atoms with Crippen molar-refractivity contribution in [2.45, 2.75) is 13.0 Å². The standard InChI is InChI=1S/C17H15Cl2NO3/c18-13-3-1-11(2-4-13)9-16(21)20-10-12-7-14(19)17-15(8-12)22-5-6-23-17/h1-4,7-8H,5-6,9-10H2,(H,20,21). The zero-order valence-corrected chi connectivity index (χ0v) is 13.8. The first-order chi connectivity index (χ1) is 11.1. The molecule has 6 heteroatoms. The molecule has 0 spiro atoms. The fraction of sp³-hybridized carbons (Fsp3) is 0.235. The summed E-state index contributed by atoms with van der Waals surface area (Å²) in [5.74, 6) is 1.11. The lowest BCUT2D eigenvalue weighted by atomic mass is 10.1. The third-order valence-corrected chi connectivity index (χ3v) is 3.96. The minimum atomic E-state index is -0.0710. The smallest absolute Gasteiger partial charge is 0.224 e. The predicted octanol–water partition coefficient (Wildman–Crippen LogP) is 3.62. The van der Waals surface area contributed by atoms with Crippen molar-refractivity contribution in [2.24, 2.45) is 0 Å². The Labute approximate surface area is 144 Å². The maximum Gasteiger partial charge on any atom is 0.224 e. The van der Waals surface area contributed by atoms with Crippen LogP contribution in [0.5, 0.6) is 11.5 Å². The number of carbonyl (C=O) groups is 1. The summed E-state index contributed by atoms with van der Waals surface area (Å²) >= 11 is 12.0. The molecule has 1 aliphatic heterocycles. The van der Waals surface area contributed by atoms with Gasteiger partial charge in [0.15, 0.2) is 11.5 Å². The second-order valence-corrected chi connectivity index (χ2v) is 6.03. The van der Waals surface area contributed by atoms with Crippen molar-refractivity contribution in [3.05, 3.63) is 57.6 Å². The fourth-order valence-corrected chi connectivity index (χ4v) is 2.73. The molecular weight excluding hydrogens is 337 g/mol. The minimum absolute atomic E-state index is 0.0710. The molecule has 2 aromatic rings. The minimum Gasteiger partial charge on any atom is -0.486 e. The summed E-state index contributed by atoms with van der Waals surface area (Å²) < 4.78 is 11.0. The van der Waals surface area contributed by atoms with Crippen molar-refractivity contribution in [1.82, 2.24) is 5.32 Å². The summed E-state index contributed by atoms with van der Waals surface area (Å²) in [7, 11) is 0. The van der Waals surface area contributed by atoms with Gasteiger partial charge in [-0.05, 0) is 35.4 Å². The van der Waals surface area contributed by atoms with Crippen LogP contribution in [0, 0.1) is 0 Å². The van der Waals surface area contributed by atoms with Gasteiger partial charge in [0.1, 0.15) is 13.2 Å². The highest BCUT2D eigenvalue weighted by Gasteiger charge is 2.16. The number of nitrogens with one attached hydrogen (secondary N) is 1. The molecule has 1 amide bonds. The summed E-state index contributed by atoms with van der Waals surface area (Å²) in [6, 6.07) is 10.8. The highest BCUT2D eigenvalue weighted by molar-refractivity contribution is 6.32. The summed E-state index contributed by atoms with van der Waals surface area (Å²) in [4.78, 5) is 12.0. The Hall–Kier alpha value is -1.91. The highest BCUT2D eigenvalue weighted by atomic mass is 35.5. The van der Waals surface area contributed by atoms with Crippen molar-refractivity contribution in [2.75, 3.05) is 13.2 Å². The molecular formula is C17H15Cl2NO3. The molecule has 1 N–H and O–H groups in total. The van der Waals surface area contributed by atoms with Crippen molar-refractivity contribution >= 4 is 29.1 Å². The topological polar surface area (TPSA) is 47.6 Å². The largest absolute Gasteiger partial charge is 0.486 e. The Morgan fingerprint density at radius 2 is 1.78 bits per heavy atom. The predicted molar refractivity (Wildman–Crippen MR) is 89.4 cm³/mol. The molecule has 0 aromatic heterocycles. The number of halogens is 2. The van der Waals surface area contributed by atoms with Gasteiger partial charge < -0.3 is 14.8 Å². The molecule has 0 fully saturated rings. The fourth-order valence-electron chi connectivity index (χ4n) is 2.32. The maximum atomic E-state index is 12.0. The van der Waals surface area contributed by atoms with Gasteiger partial charge in [0.25, 0.3) is 0 Å². The van der Waals surface area contributed by atoms with Crippen LogP contribution in [-0.2, 0) is 17.8 Å². The number of hydrogen-bond donors (Lipinski definition) is 1. The zero-order chi connectivity index (χ0) is 16.2. The Bertz CT molecular complexity index is 717. The molecule has 1 aliphatic rings. The first-order valence-electron chi connectivity index (χ1n) is 7.21. The third kappa shape index (κ3) is 4.09. The van der Waals surface area contributed by atoms with Crippen LogP contribution in [0.1, 0.15) is 11.1 Å². The van der Waals surface area contributed by atoms with E-state index in [1.54, 1.807) is 18.2 Å². The van der Waals surface area contributed by atoms with E-state index in [1.807, 2.05) is 18.2 Å². The van der Waals surface area contributed by atoms with E-state index in [0.29, 0.717) is 47.7 Å². The van der Waals surface area contributed by atoms with Crippen LogP contribution < -0.4 is 14.8 Å². The lowest BCUT2D eigenvalue weighted by Crippen LogP contribution is -2.24. The molecule has 4 nitrogen and oxygen atoms in total. The SMILES string of the molecule is O=C(Cc1ccc(Cl)cc1)NCc1cc(Cl)c2c(c1)OCCO2. The van der Waals surface area contributed by atoms with Gasteiger partial charge >= 0.3 is 0 Å². The molecule has 0 saturated heterocycles. The summed E-state index contributed by atoms with van der Waals surface area (Å²) in [5.41, 5.74) is 1.77. The number of ether oxygens (including phenoxy) is 2. The Morgan fingerprint density at radius 1 is 1.04 bits per heavy atom. The second-order valence-electron chi connectivity index (χ2n) is 5.18. The van der Waals surface area contributed by atoms with Crippen LogP contribution in [0.2, 0.25) is 10.0 Å². The molecule has 0 unspecified atom stereocenters. The first kappa shape index (κ1) is 16.0. The van der Waals surface area contributed by atoms with Gasteiger partial charge in [-0.15, -0.1) is 0 Å². The van der Waals surface area contributed by atoms with E-state index in [4.69, 9.17) is 32.7 Å². The van der Waals surface area contributed by atoms with Gasteiger partial charge in [-0.1, -0.05) is 35.3 Å². The lowest BCUT2D eigenvalue weighted by molar-refractivity contribution is -0.120. The molecule has 3 rings (SSSR count). The number of rotatable bonds is 4. The van der Waals surface area contributed by atoms with Gasteiger partial charge in [-0.25, -0.2) is 0 Å². The molecule has 0 aliphatic carbocycles. The summed E-state index contributed by atoms with van der Waals surface area (Å²) in [6.07, 6.45) is 0.301. The molecule has 0 bridgehead atoms.